The van der Waals surface area contributed by atoms with Crippen molar-refractivity contribution < 1.29 is 4.79 Å². The van der Waals surface area contributed by atoms with Gasteiger partial charge in [-0.2, -0.15) is 11.8 Å². The number of rotatable bonds is 8. The molecule has 0 saturated heterocycles. The average Bonchev–Trinajstić information content (AvgIpc) is 2.84. The Balaban J connectivity index is 2.07. The van der Waals surface area contributed by atoms with Crippen LogP contribution in [-0.4, -0.2) is 30.5 Å². The van der Waals surface area contributed by atoms with E-state index >= 15 is 0 Å². The second-order valence-electron chi connectivity index (χ2n) is 3.86. The van der Waals surface area contributed by atoms with Crippen LogP contribution in [0.3, 0.4) is 0 Å². The van der Waals surface area contributed by atoms with Crippen molar-refractivity contribution in [3.63, 3.8) is 0 Å². The van der Waals surface area contributed by atoms with E-state index in [0.29, 0.717) is 6.54 Å². The predicted molar refractivity (Wildman–Crippen MR) is 76.6 cm³/mol. The number of nitrogens with two attached hydrogens (primary N) is 1. The zero-order chi connectivity index (χ0) is 12.5. The van der Waals surface area contributed by atoms with E-state index < -0.39 is 0 Å². The Morgan fingerprint density at radius 2 is 2.47 bits per heavy atom. The minimum Gasteiger partial charge on any atom is -0.355 e. The van der Waals surface area contributed by atoms with Gasteiger partial charge in [-0.25, -0.2) is 0 Å². The maximum atomic E-state index is 11.6. The lowest BCUT2D eigenvalue weighted by atomic mass is 10.2. The highest BCUT2D eigenvalue weighted by Gasteiger charge is 2.11. The van der Waals surface area contributed by atoms with Gasteiger partial charge in [-0.15, -0.1) is 11.3 Å². The second-order valence-corrected chi connectivity index (χ2v) is 5.88. The van der Waals surface area contributed by atoms with Crippen molar-refractivity contribution in [2.45, 2.75) is 25.3 Å². The first-order chi connectivity index (χ1) is 8.24. The summed E-state index contributed by atoms with van der Waals surface area (Å²) in [6.07, 6.45) is 4.77. The van der Waals surface area contributed by atoms with Gasteiger partial charge < -0.3 is 11.1 Å². The Hall–Kier alpha value is -0.520. The molecule has 0 aliphatic rings. The normalized spacial score (nSPS) is 12.4. The van der Waals surface area contributed by atoms with E-state index in [2.05, 4.69) is 22.8 Å². The van der Waals surface area contributed by atoms with E-state index in [0.717, 1.165) is 25.0 Å². The fourth-order valence-corrected chi connectivity index (χ4v) is 2.68. The Bertz CT molecular complexity index is 314. The summed E-state index contributed by atoms with van der Waals surface area (Å²) in [6.45, 7) is 0.712. The fraction of sp³-hybridized carbons (Fsp3) is 0.583. The number of nitrogens with one attached hydrogen (secondary N) is 1. The lowest BCUT2D eigenvalue weighted by molar-refractivity contribution is -0.122. The lowest BCUT2D eigenvalue weighted by Crippen LogP contribution is -2.41. The first-order valence-corrected chi connectivity index (χ1v) is 8.06. The highest BCUT2D eigenvalue weighted by atomic mass is 32.2. The van der Waals surface area contributed by atoms with Crippen molar-refractivity contribution in [1.82, 2.24) is 5.32 Å². The lowest BCUT2D eigenvalue weighted by Gasteiger charge is -2.11. The first-order valence-electron chi connectivity index (χ1n) is 5.78. The average molecular weight is 272 g/mol. The van der Waals surface area contributed by atoms with Crippen LogP contribution < -0.4 is 11.1 Å². The molecule has 3 N–H and O–H groups in total. The Morgan fingerprint density at radius 3 is 3.12 bits per heavy atom. The zero-order valence-corrected chi connectivity index (χ0v) is 11.8. The molecule has 0 aromatic carbocycles. The zero-order valence-electron chi connectivity index (χ0n) is 10.1. The summed E-state index contributed by atoms with van der Waals surface area (Å²) in [5.41, 5.74) is 5.76. The molecule has 0 aliphatic heterocycles. The van der Waals surface area contributed by atoms with Crippen LogP contribution in [0.5, 0.6) is 0 Å². The third-order valence-electron chi connectivity index (χ3n) is 2.45. The number of hydrogen-bond acceptors (Lipinski definition) is 4. The summed E-state index contributed by atoms with van der Waals surface area (Å²) in [5.74, 6) is 0.911. The van der Waals surface area contributed by atoms with Gasteiger partial charge in [0, 0.05) is 11.4 Å². The Labute approximate surface area is 111 Å². The van der Waals surface area contributed by atoms with Crippen LogP contribution >= 0.6 is 23.1 Å². The van der Waals surface area contributed by atoms with E-state index in [9.17, 15) is 4.79 Å². The van der Waals surface area contributed by atoms with Crippen LogP contribution in [-0.2, 0) is 11.2 Å². The van der Waals surface area contributed by atoms with Crippen molar-refractivity contribution in [2.24, 2.45) is 5.73 Å². The maximum absolute atomic E-state index is 11.6. The molecule has 1 aromatic rings. The molecule has 0 aliphatic carbocycles. The first kappa shape index (κ1) is 14.5. The van der Waals surface area contributed by atoms with Crippen LogP contribution in [0.2, 0.25) is 0 Å². The SMILES string of the molecule is CSCCC(N)C(=O)NCCCc1cccs1. The van der Waals surface area contributed by atoms with Gasteiger partial charge in [-0.1, -0.05) is 6.07 Å². The van der Waals surface area contributed by atoms with Gasteiger partial charge in [0.1, 0.15) is 0 Å². The number of thiophene rings is 1. The molecule has 1 heterocycles. The summed E-state index contributed by atoms with van der Waals surface area (Å²) in [4.78, 5) is 12.9. The maximum Gasteiger partial charge on any atom is 0.236 e. The van der Waals surface area contributed by atoms with Crippen molar-refractivity contribution in [2.75, 3.05) is 18.6 Å². The van der Waals surface area contributed by atoms with E-state index in [1.807, 2.05) is 6.26 Å². The Morgan fingerprint density at radius 1 is 1.65 bits per heavy atom. The van der Waals surface area contributed by atoms with Crippen LogP contribution in [0.4, 0.5) is 0 Å². The molecule has 5 heteroatoms. The Kier molecular flexibility index (Phi) is 7.32. The molecule has 0 bridgehead atoms. The van der Waals surface area contributed by atoms with Crippen molar-refractivity contribution in [3.05, 3.63) is 22.4 Å². The number of aryl methyl sites for hydroxylation is 1. The van der Waals surface area contributed by atoms with Crippen molar-refractivity contribution in [1.29, 1.82) is 0 Å². The molecule has 0 fully saturated rings. The summed E-state index contributed by atoms with van der Waals surface area (Å²) in [7, 11) is 0. The molecule has 1 unspecified atom stereocenters. The van der Waals surface area contributed by atoms with E-state index in [4.69, 9.17) is 5.73 Å². The monoisotopic (exact) mass is 272 g/mol. The minimum atomic E-state index is -0.357. The molecular weight excluding hydrogens is 252 g/mol. The molecule has 17 heavy (non-hydrogen) atoms. The molecule has 0 saturated carbocycles. The number of carbonyl (C=O) groups excluding carboxylic acids is 1. The highest BCUT2D eigenvalue weighted by Crippen LogP contribution is 2.10. The molecule has 96 valence electrons. The quantitative estimate of drug-likeness (QED) is 0.710. The van der Waals surface area contributed by atoms with E-state index in [1.165, 1.54) is 4.88 Å². The fourth-order valence-electron chi connectivity index (χ4n) is 1.44. The topological polar surface area (TPSA) is 55.1 Å². The van der Waals surface area contributed by atoms with Crippen molar-refractivity contribution in [3.8, 4) is 0 Å². The van der Waals surface area contributed by atoms with Gasteiger partial charge >= 0.3 is 0 Å². The summed E-state index contributed by atoms with van der Waals surface area (Å²) in [6, 6.07) is 3.82. The van der Waals surface area contributed by atoms with Gasteiger partial charge in [0.05, 0.1) is 6.04 Å². The van der Waals surface area contributed by atoms with Crippen LogP contribution in [0.15, 0.2) is 17.5 Å². The van der Waals surface area contributed by atoms with Gasteiger partial charge in [-0.3, -0.25) is 4.79 Å². The van der Waals surface area contributed by atoms with Crippen LogP contribution in [0.1, 0.15) is 17.7 Å². The van der Waals surface area contributed by atoms with E-state index in [1.54, 1.807) is 23.1 Å². The summed E-state index contributed by atoms with van der Waals surface area (Å²) >= 11 is 3.47. The molecule has 1 atom stereocenters. The molecule has 1 rings (SSSR count). The molecule has 3 nitrogen and oxygen atoms in total. The standard InChI is InChI=1S/C12H20N2OS2/c1-16-9-6-11(13)12(15)14-7-2-4-10-5-3-8-17-10/h3,5,8,11H,2,4,6-7,9,13H2,1H3,(H,14,15). The molecule has 0 spiro atoms. The largest absolute Gasteiger partial charge is 0.355 e. The molecule has 0 radical (unpaired) electrons. The predicted octanol–water partition coefficient (Wildman–Crippen LogP) is 1.88. The second kappa shape index (κ2) is 8.55. The molecular formula is C12H20N2OS2. The molecule has 1 aromatic heterocycles. The number of thioether (sulfide) groups is 1. The molecule has 1 amide bonds. The van der Waals surface area contributed by atoms with Gasteiger partial charge in [0.2, 0.25) is 5.91 Å². The summed E-state index contributed by atoms with van der Waals surface area (Å²) < 4.78 is 0. The minimum absolute atomic E-state index is 0.0229. The smallest absolute Gasteiger partial charge is 0.236 e. The number of hydrogen-bond donors (Lipinski definition) is 2. The third-order valence-corrected chi connectivity index (χ3v) is 4.03. The van der Waals surface area contributed by atoms with Crippen molar-refractivity contribution >= 4 is 29.0 Å². The highest BCUT2D eigenvalue weighted by molar-refractivity contribution is 7.98. The summed E-state index contributed by atoms with van der Waals surface area (Å²) in [5, 5.41) is 4.96. The van der Waals surface area contributed by atoms with Gasteiger partial charge in [0.15, 0.2) is 0 Å². The number of carbonyl (C=O) groups is 1. The third kappa shape index (κ3) is 6.10. The van der Waals surface area contributed by atoms with Crippen LogP contribution in [0.25, 0.3) is 0 Å². The van der Waals surface area contributed by atoms with Crippen LogP contribution in [0, 0.1) is 0 Å². The van der Waals surface area contributed by atoms with Gasteiger partial charge in [-0.05, 0) is 42.7 Å². The van der Waals surface area contributed by atoms with Gasteiger partial charge in [0.25, 0.3) is 0 Å². The van der Waals surface area contributed by atoms with E-state index in [-0.39, 0.29) is 11.9 Å². The number of amides is 1.